The van der Waals surface area contributed by atoms with E-state index in [9.17, 15) is 4.79 Å². The van der Waals surface area contributed by atoms with E-state index in [4.69, 9.17) is 5.73 Å². The van der Waals surface area contributed by atoms with E-state index in [0.29, 0.717) is 5.91 Å². The molecule has 1 atom stereocenters. The third kappa shape index (κ3) is 2.99. The molecule has 3 nitrogen and oxygen atoms in total. The summed E-state index contributed by atoms with van der Waals surface area (Å²) in [7, 11) is 0. The van der Waals surface area contributed by atoms with Gasteiger partial charge in [-0.2, -0.15) is 0 Å². The number of aryl methyl sites for hydroxylation is 1. The molecule has 4 heteroatoms. The summed E-state index contributed by atoms with van der Waals surface area (Å²) in [5, 5.41) is 0. The average molecular weight is 295 g/mol. The van der Waals surface area contributed by atoms with Crippen LogP contribution in [-0.4, -0.2) is 29.9 Å². The molecule has 0 bridgehead atoms. The van der Waals surface area contributed by atoms with Crippen molar-refractivity contribution in [2.45, 2.75) is 44.1 Å². The van der Waals surface area contributed by atoms with Crippen molar-refractivity contribution in [1.82, 2.24) is 4.90 Å². The number of nitrogens with two attached hydrogens (primary N) is 1. The van der Waals surface area contributed by atoms with Crippen molar-refractivity contribution in [3.8, 4) is 0 Å². The van der Waals surface area contributed by atoms with Crippen LogP contribution in [0.5, 0.6) is 0 Å². The van der Waals surface area contributed by atoms with Crippen molar-refractivity contribution in [2.24, 2.45) is 5.73 Å². The molecule has 1 aromatic rings. The van der Waals surface area contributed by atoms with Crippen LogP contribution >= 0.6 is 12.4 Å². The topological polar surface area (TPSA) is 46.3 Å². The Labute approximate surface area is 126 Å². The van der Waals surface area contributed by atoms with Gasteiger partial charge in [0.1, 0.15) is 0 Å². The number of carbonyl (C=O) groups excluding carboxylic acids is 1. The van der Waals surface area contributed by atoms with Gasteiger partial charge >= 0.3 is 0 Å². The molecule has 3 rings (SSSR count). The minimum atomic E-state index is 0. The molecular formula is C16H23ClN2O. The van der Waals surface area contributed by atoms with E-state index in [0.717, 1.165) is 45.2 Å². The first-order valence-corrected chi connectivity index (χ1v) is 7.38. The Hall–Kier alpha value is -1.06. The predicted octanol–water partition coefficient (Wildman–Crippen LogP) is 2.48. The Kier molecular flexibility index (Phi) is 5.06. The number of amides is 1. The Bertz CT molecular complexity index is 469. The average Bonchev–Trinajstić information content (AvgIpc) is 2.47. The Morgan fingerprint density at radius 1 is 1.15 bits per heavy atom. The summed E-state index contributed by atoms with van der Waals surface area (Å²) in [6, 6.07) is 8.71. The molecule has 20 heavy (non-hydrogen) atoms. The van der Waals surface area contributed by atoms with E-state index in [2.05, 4.69) is 24.3 Å². The summed E-state index contributed by atoms with van der Waals surface area (Å²) in [6.45, 7) is 1.66. The van der Waals surface area contributed by atoms with Gasteiger partial charge in [-0.25, -0.2) is 0 Å². The molecule has 0 radical (unpaired) electrons. The summed E-state index contributed by atoms with van der Waals surface area (Å²) in [6.07, 6.45) is 5.13. The van der Waals surface area contributed by atoms with Gasteiger partial charge in [-0.15, -0.1) is 12.4 Å². The normalized spacial score (nSPS) is 22.9. The second-order valence-electron chi connectivity index (χ2n) is 5.81. The van der Waals surface area contributed by atoms with Crippen LogP contribution in [0, 0.1) is 0 Å². The van der Waals surface area contributed by atoms with Gasteiger partial charge in [-0.1, -0.05) is 24.3 Å². The van der Waals surface area contributed by atoms with E-state index < -0.39 is 0 Å². The van der Waals surface area contributed by atoms with Crippen LogP contribution in [0.3, 0.4) is 0 Å². The zero-order valence-electron chi connectivity index (χ0n) is 11.8. The second-order valence-corrected chi connectivity index (χ2v) is 5.81. The van der Waals surface area contributed by atoms with E-state index in [1.807, 2.05) is 4.90 Å². The number of piperidine rings is 1. The standard InChI is InChI=1S/C16H22N2O.ClH/c17-13-8-10-18(11-9-13)16(19)15-7-3-5-12-4-1-2-6-14(12)15;/h1-2,4,6,13,15H,3,5,7-11,17H2;1H. The SMILES string of the molecule is Cl.NC1CCN(C(=O)C2CCCc3ccccc32)CC1. The zero-order valence-corrected chi connectivity index (χ0v) is 12.6. The maximum Gasteiger partial charge on any atom is 0.230 e. The molecule has 0 aromatic heterocycles. The van der Waals surface area contributed by atoms with E-state index in [1.165, 1.54) is 11.1 Å². The second kappa shape index (κ2) is 6.59. The highest BCUT2D eigenvalue weighted by Gasteiger charge is 2.31. The molecule has 2 N–H and O–H groups in total. The number of fused-ring (bicyclic) bond motifs is 1. The Morgan fingerprint density at radius 3 is 2.60 bits per heavy atom. The third-order valence-electron chi connectivity index (χ3n) is 4.52. The van der Waals surface area contributed by atoms with E-state index in [1.54, 1.807) is 0 Å². The highest BCUT2D eigenvalue weighted by molar-refractivity contribution is 5.85. The molecule has 0 saturated carbocycles. The van der Waals surface area contributed by atoms with Crippen molar-refractivity contribution in [1.29, 1.82) is 0 Å². The maximum absolute atomic E-state index is 12.7. The monoisotopic (exact) mass is 294 g/mol. The minimum Gasteiger partial charge on any atom is -0.342 e. The van der Waals surface area contributed by atoms with Gasteiger partial charge in [0.25, 0.3) is 0 Å². The highest BCUT2D eigenvalue weighted by Crippen LogP contribution is 2.33. The highest BCUT2D eigenvalue weighted by atomic mass is 35.5. The first kappa shape index (κ1) is 15.3. The molecule has 2 aliphatic rings. The molecule has 1 amide bonds. The first-order valence-electron chi connectivity index (χ1n) is 7.38. The number of benzene rings is 1. The molecule has 1 saturated heterocycles. The number of rotatable bonds is 1. The number of hydrogen-bond donors (Lipinski definition) is 1. The van der Waals surface area contributed by atoms with E-state index >= 15 is 0 Å². The molecule has 0 spiro atoms. The van der Waals surface area contributed by atoms with Crippen molar-refractivity contribution in [3.63, 3.8) is 0 Å². The quantitative estimate of drug-likeness (QED) is 0.865. The van der Waals surface area contributed by atoms with Gasteiger partial charge in [0.15, 0.2) is 0 Å². The fraction of sp³-hybridized carbons (Fsp3) is 0.562. The van der Waals surface area contributed by atoms with E-state index in [-0.39, 0.29) is 24.4 Å². The van der Waals surface area contributed by atoms with Crippen molar-refractivity contribution in [3.05, 3.63) is 35.4 Å². The number of nitrogens with zero attached hydrogens (tertiary/aromatic N) is 1. The molecule has 1 aliphatic heterocycles. The van der Waals surface area contributed by atoms with Gasteiger partial charge in [0.05, 0.1) is 5.92 Å². The molecule has 1 aromatic carbocycles. The molecule has 110 valence electrons. The van der Waals surface area contributed by atoms with Crippen LogP contribution in [0.1, 0.15) is 42.7 Å². The smallest absolute Gasteiger partial charge is 0.230 e. The molecular weight excluding hydrogens is 272 g/mol. The number of halogens is 1. The number of likely N-dealkylation sites (tertiary alicyclic amines) is 1. The predicted molar refractivity (Wildman–Crippen MR) is 83.2 cm³/mol. The van der Waals surface area contributed by atoms with Crippen LogP contribution < -0.4 is 5.73 Å². The van der Waals surface area contributed by atoms with Gasteiger partial charge in [0, 0.05) is 19.1 Å². The third-order valence-corrected chi connectivity index (χ3v) is 4.52. The summed E-state index contributed by atoms with van der Waals surface area (Å²) >= 11 is 0. The molecule has 1 unspecified atom stereocenters. The fourth-order valence-corrected chi connectivity index (χ4v) is 3.35. The van der Waals surface area contributed by atoms with Crippen molar-refractivity contribution < 1.29 is 4.79 Å². The van der Waals surface area contributed by atoms with Gasteiger partial charge in [-0.3, -0.25) is 4.79 Å². The van der Waals surface area contributed by atoms with Crippen molar-refractivity contribution >= 4 is 18.3 Å². The number of carbonyl (C=O) groups is 1. The summed E-state index contributed by atoms with van der Waals surface area (Å²) < 4.78 is 0. The lowest BCUT2D eigenvalue weighted by molar-refractivity contribution is -0.134. The lowest BCUT2D eigenvalue weighted by atomic mass is 9.82. The summed E-state index contributed by atoms with van der Waals surface area (Å²) in [5.74, 6) is 0.401. The fourth-order valence-electron chi connectivity index (χ4n) is 3.35. The molecule has 1 fully saturated rings. The summed E-state index contributed by atoms with van der Waals surface area (Å²) in [4.78, 5) is 14.7. The van der Waals surface area contributed by atoms with Crippen LogP contribution in [-0.2, 0) is 11.2 Å². The zero-order chi connectivity index (χ0) is 13.2. The minimum absolute atomic E-state index is 0. The van der Waals surface area contributed by atoms with Crippen LogP contribution in [0.25, 0.3) is 0 Å². The maximum atomic E-state index is 12.7. The largest absolute Gasteiger partial charge is 0.342 e. The molecule has 1 heterocycles. The van der Waals surface area contributed by atoms with Gasteiger partial charge in [0.2, 0.25) is 5.91 Å². The molecule has 1 aliphatic carbocycles. The van der Waals surface area contributed by atoms with Crippen LogP contribution in [0.15, 0.2) is 24.3 Å². The Balaban J connectivity index is 0.00000147. The van der Waals surface area contributed by atoms with Gasteiger partial charge in [-0.05, 0) is 43.2 Å². The lowest BCUT2D eigenvalue weighted by Gasteiger charge is -2.34. The van der Waals surface area contributed by atoms with Crippen LogP contribution in [0.4, 0.5) is 0 Å². The number of hydrogen-bond acceptors (Lipinski definition) is 2. The lowest BCUT2D eigenvalue weighted by Crippen LogP contribution is -2.45. The van der Waals surface area contributed by atoms with Crippen molar-refractivity contribution in [2.75, 3.05) is 13.1 Å². The Morgan fingerprint density at radius 2 is 1.85 bits per heavy atom. The van der Waals surface area contributed by atoms with Gasteiger partial charge < -0.3 is 10.6 Å². The first-order chi connectivity index (χ1) is 9.25. The van der Waals surface area contributed by atoms with Crippen LogP contribution in [0.2, 0.25) is 0 Å². The summed E-state index contributed by atoms with van der Waals surface area (Å²) in [5.41, 5.74) is 8.53.